The summed E-state index contributed by atoms with van der Waals surface area (Å²) in [5.41, 5.74) is 1.66. The highest BCUT2D eigenvalue weighted by molar-refractivity contribution is 9.10. The zero-order chi connectivity index (χ0) is 15.2. The van der Waals surface area contributed by atoms with E-state index in [2.05, 4.69) is 37.2 Å². The van der Waals surface area contributed by atoms with Gasteiger partial charge in [-0.1, -0.05) is 0 Å². The fourth-order valence-electron chi connectivity index (χ4n) is 1.48. The van der Waals surface area contributed by atoms with Crippen molar-refractivity contribution in [1.29, 1.82) is 0 Å². The van der Waals surface area contributed by atoms with Gasteiger partial charge >= 0.3 is 0 Å². The highest BCUT2D eigenvalue weighted by Gasteiger charge is 2.09. The Labute approximate surface area is 137 Å². The fraction of sp³-hybridized carbons (Fsp3) is 0.357. The van der Waals surface area contributed by atoms with E-state index < -0.39 is 0 Å². The first-order chi connectivity index (χ1) is 10.1. The van der Waals surface area contributed by atoms with Crippen LogP contribution >= 0.6 is 27.5 Å². The molecule has 0 bridgehead atoms. The second-order valence-electron chi connectivity index (χ2n) is 4.47. The number of rotatable bonds is 6. The van der Waals surface area contributed by atoms with Crippen molar-refractivity contribution in [2.75, 3.05) is 13.6 Å². The molecule has 0 aliphatic rings. The first kappa shape index (κ1) is 15.9. The normalized spacial score (nSPS) is 11.0. The van der Waals surface area contributed by atoms with Crippen molar-refractivity contribution in [3.8, 4) is 5.88 Å². The third-order valence-electron chi connectivity index (χ3n) is 2.84. The lowest BCUT2D eigenvalue weighted by atomic mass is 10.3. The van der Waals surface area contributed by atoms with Gasteiger partial charge in [0.25, 0.3) is 0 Å². The van der Waals surface area contributed by atoms with Gasteiger partial charge in [0.1, 0.15) is 6.61 Å². The predicted molar refractivity (Wildman–Crippen MR) is 89.6 cm³/mol. The van der Waals surface area contributed by atoms with Crippen molar-refractivity contribution in [2.24, 2.45) is 4.99 Å². The maximum atomic E-state index is 5.71. The summed E-state index contributed by atoms with van der Waals surface area (Å²) in [4.78, 5) is 12.0. The summed E-state index contributed by atoms with van der Waals surface area (Å²) in [5.74, 6) is 0.573. The van der Waals surface area contributed by atoms with E-state index in [1.807, 2.05) is 31.0 Å². The van der Waals surface area contributed by atoms with E-state index in [9.17, 15) is 0 Å². The number of hydrogen-bond donors (Lipinski definition) is 0. The second kappa shape index (κ2) is 7.51. The van der Waals surface area contributed by atoms with Gasteiger partial charge in [-0.05, 0) is 53.4 Å². The van der Waals surface area contributed by atoms with Crippen molar-refractivity contribution in [1.82, 2.24) is 14.3 Å². The second-order valence-corrected chi connectivity index (χ2v) is 6.24. The largest absolute Gasteiger partial charge is 0.471 e. The first-order valence-corrected chi connectivity index (χ1v) is 8.10. The van der Waals surface area contributed by atoms with Crippen LogP contribution in [0.25, 0.3) is 0 Å². The van der Waals surface area contributed by atoms with Crippen LogP contribution in [-0.4, -0.2) is 34.2 Å². The Morgan fingerprint density at radius 3 is 3.00 bits per heavy atom. The molecule has 0 N–H and O–H groups in total. The summed E-state index contributed by atoms with van der Waals surface area (Å²) in [6.45, 7) is 5.37. The van der Waals surface area contributed by atoms with Crippen LogP contribution in [0.3, 0.4) is 0 Å². The van der Waals surface area contributed by atoms with Crippen LogP contribution in [0, 0.1) is 6.92 Å². The molecular formula is C14H17BrN4OS. The Bertz CT molecular complexity index is 616. The smallest absolute Gasteiger partial charge is 0.228 e. The maximum absolute atomic E-state index is 5.71. The molecule has 0 aliphatic heterocycles. The average Bonchev–Trinajstić information content (AvgIpc) is 2.99. The van der Waals surface area contributed by atoms with Crippen LogP contribution in [0.1, 0.15) is 17.5 Å². The zero-order valence-electron chi connectivity index (χ0n) is 12.2. The quantitative estimate of drug-likeness (QED) is 0.574. The molecule has 0 saturated carbocycles. The van der Waals surface area contributed by atoms with Crippen molar-refractivity contribution >= 4 is 39.5 Å². The van der Waals surface area contributed by atoms with Gasteiger partial charge in [-0.2, -0.15) is 0 Å². The molecule has 2 aromatic rings. The molecule has 0 atom stereocenters. The molecule has 7 heteroatoms. The van der Waals surface area contributed by atoms with E-state index >= 15 is 0 Å². The third kappa shape index (κ3) is 4.50. The summed E-state index contributed by atoms with van der Waals surface area (Å²) in [6, 6.07) is 3.86. The van der Waals surface area contributed by atoms with Crippen molar-refractivity contribution in [3.63, 3.8) is 0 Å². The minimum atomic E-state index is 0.469. The van der Waals surface area contributed by atoms with E-state index in [0.717, 1.165) is 27.3 Å². The van der Waals surface area contributed by atoms with E-state index in [-0.39, 0.29) is 0 Å². The van der Waals surface area contributed by atoms with Gasteiger partial charge in [0.2, 0.25) is 5.88 Å². The number of nitrogens with zero attached hydrogens (tertiary/aromatic N) is 4. The lowest BCUT2D eigenvalue weighted by Gasteiger charge is -2.10. The van der Waals surface area contributed by atoms with Crippen molar-refractivity contribution in [3.05, 3.63) is 33.4 Å². The van der Waals surface area contributed by atoms with Crippen LogP contribution < -0.4 is 4.74 Å². The van der Waals surface area contributed by atoms with Crippen LogP contribution in [0.5, 0.6) is 5.88 Å². The van der Waals surface area contributed by atoms with Gasteiger partial charge in [-0.15, -0.1) is 0 Å². The zero-order valence-corrected chi connectivity index (χ0v) is 14.6. The summed E-state index contributed by atoms with van der Waals surface area (Å²) in [7, 11) is 1.98. The number of aliphatic imine (C=N–C) groups is 1. The molecule has 0 aromatic carbocycles. The van der Waals surface area contributed by atoms with E-state index in [1.54, 1.807) is 12.5 Å². The summed E-state index contributed by atoms with van der Waals surface area (Å²) in [5, 5.41) is 0. The lowest BCUT2D eigenvalue weighted by molar-refractivity contribution is 0.294. The highest BCUT2D eigenvalue weighted by Crippen LogP contribution is 2.30. The number of ether oxygens (including phenoxy) is 1. The Kier molecular flexibility index (Phi) is 5.69. The van der Waals surface area contributed by atoms with Gasteiger partial charge in [0.15, 0.2) is 0 Å². The third-order valence-corrected chi connectivity index (χ3v) is 4.13. The minimum absolute atomic E-state index is 0.469. The predicted octanol–water partition coefficient (Wildman–Crippen LogP) is 3.80. The molecule has 21 heavy (non-hydrogen) atoms. The first-order valence-electron chi connectivity index (χ1n) is 6.54. The molecule has 2 heterocycles. The molecule has 0 spiro atoms. The topological polar surface area (TPSA) is 50.6 Å². The molecule has 2 aromatic heterocycles. The number of aromatic nitrogens is 2. The Balaban J connectivity index is 2.11. The maximum Gasteiger partial charge on any atom is 0.228 e. The SMILES string of the molecule is CCN(C)/C=N/c1cc(Br)c(OCc2ccns2)nc1C. The average molecular weight is 369 g/mol. The number of hydrogen-bond acceptors (Lipinski definition) is 5. The van der Waals surface area contributed by atoms with Crippen molar-refractivity contribution < 1.29 is 4.74 Å². The lowest BCUT2D eigenvalue weighted by Crippen LogP contribution is -2.14. The van der Waals surface area contributed by atoms with Crippen LogP contribution in [0.4, 0.5) is 5.69 Å². The van der Waals surface area contributed by atoms with E-state index in [1.165, 1.54) is 11.5 Å². The molecule has 0 amide bonds. The molecule has 0 saturated heterocycles. The highest BCUT2D eigenvalue weighted by atomic mass is 79.9. The molecule has 0 radical (unpaired) electrons. The monoisotopic (exact) mass is 368 g/mol. The molecule has 112 valence electrons. The van der Waals surface area contributed by atoms with Crippen LogP contribution in [-0.2, 0) is 6.61 Å². The summed E-state index contributed by atoms with van der Waals surface area (Å²) in [6.07, 6.45) is 3.56. The Morgan fingerprint density at radius 2 is 2.33 bits per heavy atom. The van der Waals surface area contributed by atoms with E-state index in [0.29, 0.717) is 12.5 Å². The standard InChI is InChI=1S/C14H17BrN4OS/c1-4-19(3)9-16-13-7-12(15)14(18-10(13)2)20-8-11-5-6-17-21-11/h5-7,9H,4,8H2,1-3H3/b16-9+. The molecule has 2 rings (SSSR count). The van der Waals surface area contributed by atoms with Gasteiger partial charge < -0.3 is 9.64 Å². The number of aryl methyl sites for hydroxylation is 1. The van der Waals surface area contributed by atoms with Crippen LogP contribution in [0.15, 0.2) is 27.8 Å². The molecule has 0 fully saturated rings. The summed E-state index contributed by atoms with van der Waals surface area (Å²) >= 11 is 4.90. The van der Waals surface area contributed by atoms with Gasteiger partial charge in [0, 0.05) is 19.8 Å². The molecule has 0 unspecified atom stereocenters. The molecule has 0 aliphatic carbocycles. The Morgan fingerprint density at radius 1 is 1.52 bits per heavy atom. The van der Waals surface area contributed by atoms with Crippen LogP contribution in [0.2, 0.25) is 0 Å². The van der Waals surface area contributed by atoms with Gasteiger partial charge in [-0.3, -0.25) is 0 Å². The number of pyridine rings is 1. The minimum Gasteiger partial charge on any atom is -0.471 e. The van der Waals surface area contributed by atoms with E-state index in [4.69, 9.17) is 4.74 Å². The summed E-state index contributed by atoms with van der Waals surface area (Å²) < 4.78 is 10.6. The fourth-order valence-corrected chi connectivity index (χ4v) is 2.39. The van der Waals surface area contributed by atoms with Gasteiger partial charge in [0.05, 0.1) is 27.1 Å². The molecule has 5 nitrogen and oxygen atoms in total. The van der Waals surface area contributed by atoms with Gasteiger partial charge in [-0.25, -0.2) is 14.3 Å². The molecular weight excluding hydrogens is 352 g/mol. The number of halogens is 1. The van der Waals surface area contributed by atoms with Crippen molar-refractivity contribution in [2.45, 2.75) is 20.5 Å². The Hall–Kier alpha value is -1.47.